The quantitative estimate of drug-likeness (QED) is 0.676. The summed E-state index contributed by atoms with van der Waals surface area (Å²) in [5, 5.41) is 0. The summed E-state index contributed by atoms with van der Waals surface area (Å²) < 4.78 is 6.17. The van der Waals surface area contributed by atoms with Gasteiger partial charge in [0.25, 0.3) is 0 Å². The number of carbonyl (C=O) groups excluding carboxylic acids is 1. The predicted octanol–water partition coefficient (Wildman–Crippen LogP) is 4.66. The first-order chi connectivity index (χ1) is 11.7. The molecular formula is C20H20BrNO2. The van der Waals surface area contributed by atoms with Gasteiger partial charge in [0, 0.05) is 23.1 Å². The van der Waals surface area contributed by atoms with Crippen molar-refractivity contribution in [2.24, 2.45) is 0 Å². The van der Waals surface area contributed by atoms with Crippen LogP contribution in [0.25, 0.3) is 6.08 Å². The number of benzene rings is 2. The monoisotopic (exact) mass is 385 g/mol. The average Bonchev–Trinajstić information content (AvgIpc) is 3.44. The largest absolute Gasteiger partial charge is 0.497 e. The van der Waals surface area contributed by atoms with Gasteiger partial charge in [-0.05, 0) is 48.2 Å². The summed E-state index contributed by atoms with van der Waals surface area (Å²) in [5.41, 5.74) is 2.12. The van der Waals surface area contributed by atoms with Crippen LogP contribution in [0, 0.1) is 0 Å². The Morgan fingerprint density at radius 2 is 1.92 bits per heavy atom. The Morgan fingerprint density at radius 3 is 2.54 bits per heavy atom. The van der Waals surface area contributed by atoms with E-state index < -0.39 is 0 Å². The minimum atomic E-state index is 0.0593. The maximum atomic E-state index is 12.6. The molecule has 0 radical (unpaired) electrons. The molecule has 1 aliphatic carbocycles. The standard InChI is InChI=1S/C20H20BrNO2/c1-24-18-11-6-15(7-12-18)14-22(17-9-10-17)20(23)13-8-16-4-2-3-5-19(16)21/h2-8,11-13,17H,9-10,14H2,1H3. The zero-order valence-electron chi connectivity index (χ0n) is 13.6. The van der Waals surface area contributed by atoms with Gasteiger partial charge in [0.05, 0.1) is 7.11 Å². The molecule has 3 rings (SSSR count). The lowest BCUT2D eigenvalue weighted by atomic mass is 10.2. The Hall–Kier alpha value is -2.07. The summed E-state index contributed by atoms with van der Waals surface area (Å²) in [7, 11) is 1.65. The number of hydrogen-bond donors (Lipinski definition) is 0. The normalized spacial score (nSPS) is 13.9. The topological polar surface area (TPSA) is 29.5 Å². The molecule has 0 N–H and O–H groups in total. The minimum Gasteiger partial charge on any atom is -0.497 e. The van der Waals surface area contributed by atoms with Gasteiger partial charge < -0.3 is 9.64 Å². The summed E-state index contributed by atoms with van der Waals surface area (Å²) in [4.78, 5) is 14.6. The van der Waals surface area contributed by atoms with E-state index in [9.17, 15) is 4.79 Å². The van der Waals surface area contributed by atoms with Gasteiger partial charge in [0.1, 0.15) is 5.75 Å². The van der Waals surface area contributed by atoms with Crippen LogP contribution in [0.4, 0.5) is 0 Å². The Morgan fingerprint density at radius 1 is 1.21 bits per heavy atom. The van der Waals surface area contributed by atoms with Gasteiger partial charge in [0.15, 0.2) is 0 Å². The molecule has 124 valence electrons. The van der Waals surface area contributed by atoms with Crippen LogP contribution >= 0.6 is 15.9 Å². The van der Waals surface area contributed by atoms with E-state index in [4.69, 9.17) is 4.74 Å². The number of carbonyl (C=O) groups is 1. The number of ether oxygens (including phenoxy) is 1. The number of nitrogens with zero attached hydrogens (tertiary/aromatic N) is 1. The highest BCUT2D eigenvalue weighted by atomic mass is 79.9. The van der Waals surface area contributed by atoms with Gasteiger partial charge in [-0.25, -0.2) is 0 Å². The first-order valence-corrected chi connectivity index (χ1v) is 8.83. The van der Waals surface area contributed by atoms with Gasteiger partial charge in [0.2, 0.25) is 5.91 Å². The Labute approximate surface area is 151 Å². The lowest BCUT2D eigenvalue weighted by Crippen LogP contribution is -2.31. The van der Waals surface area contributed by atoms with Crippen molar-refractivity contribution in [1.29, 1.82) is 0 Å². The second-order valence-electron chi connectivity index (χ2n) is 5.90. The fourth-order valence-corrected chi connectivity index (χ4v) is 2.98. The maximum absolute atomic E-state index is 12.6. The Balaban J connectivity index is 1.70. The van der Waals surface area contributed by atoms with Crippen LogP contribution in [-0.2, 0) is 11.3 Å². The molecule has 1 aliphatic rings. The van der Waals surface area contributed by atoms with Gasteiger partial charge in [-0.2, -0.15) is 0 Å². The first-order valence-electron chi connectivity index (χ1n) is 8.03. The fourth-order valence-electron chi connectivity index (χ4n) is 2.57. The average molecular weight is 386 g/mol. The molecular weight excluding hydrogens is 366 g/mol. The van der Waals surface area contributed by atoms with E-state index in [1.54, 1.807) is 13.2 Å². The molecule has 1 fully saturated rings. The van der Waals surface area contributed by atoms with Gasteiger partial charge in [-0.1, -0.05) is 46.3 Å². The lowest BCUT2D eigenvalue weighted by Gasteiger charge is -2.21. The highest BCUT2D eigenvalue weighted by Crippen LogP contribution is 2.29. The van der Waals surface area contributed by atoms with E-state index in [0.717, 1.165) is 34.2 Å². The van der Waals surface area contributed by atoms with Crippen molar-refractivity contribution in [3.8, 4) is 5.75 Å². The zero-order chi connectivity index (χ0) is 16.9. The molecule has 4 heteroatoms. The number of amides is 1. The molecule has 2 aromatic carbocycles. The molecule has 0 bridgehead atoms. The Bertz CT molecular complexity index is 736. The molecule has 24 heavy (non-hydrogen) atoms. The fraction of sp³-hybridized carbons (Fsp3) is 0.250. The highest BCUT2D eigenvalue weighted by molar-refractivity contribution is 9.10. The van der Waals surface area contributed by atoms with Crippen molar-refractivity contribution in [2.45, 2.75) is 25.4 Å². The summed E-state index contributed by atoms with van der Waals surface area (Å²) >= 11 is 3.50. The SMILES string of the molecule is COc1ccc(CN(C(=O)C=Cc2ccccc2Br)C2CC2)cc1. The molecule has 0 aliphatic heterocycles. The second-order valence-corrected chi connectivity index (χ2v) is 6.75. The molecule has 1 saturated carbocycles. The van der Waals surface area contributed by atoms with Gasteiger partial charge >= 0.3 is 0 Å². The van der Waals surface area contributed by atoms with Crippen LogP contribution in [0.15, 0.2) is 59.1 Å². The minimum absolute atomic E-state index is 0.0593. The van der Waals surface area contributed by atoms with Crippen LogP contribution in [0.3, 0.4) is 0 Å². The van der Waals surface area contributed by atoms with Crippen molar-refractivity contribution in [1.82, 2.24) is 4.90 Å². The summed E-state index contributed by atoms with van der Waals surface area (Å²) in [5.74, 6) is 0.890. The van der Waals surface area contributed by atoms with E-state index >= 15 is 0 Å². The molecule has 0 spiro atoms. The summed E-state index contributed by atoms with van der Waals surface area (Å²) in [6.45, 7) is 0.633. The smallest absolute Gasteiger partial charge is 0.247 e. The second kappa shape index (κ2) is 7.67. The lowest BCUT2D eigenvalue weighted by molar-refractivity contribution is -0.127. The van der Waals surface area contributed by atoms with E-state index in [0.29, 0.717) is 12.6 Å². The molecule has 1 amide bonds. The maximum Gasteiger partial charge on any atom is 0.247 e. The summed E-state index contributed by atoms with van der Waals surface area (Å²) in [6, 6.07) is 16.1. The molecule has 0 heterocycles. The van der Waals surface area contributed by atoms with Gasteiger partial charge in [-0.3, -0.25) is 4.79 Å². The van der Waals surface area contributed by atoms with E-state index in [-0.39, 0.29) is 5.91 Å². The molecule has 2 aromatic rings. The number of halogens is 1. The first kappa shape index (κ1) is 16.8. The molecule has 0 unspecified atom stereocenters. The molecule has 0 atom stereocenters. The van der Waals surface area contributed by atoms with Crippen LogP contribution in [0.5, 0.6) is 5.75 Å². The molecule has 3 nitrogen and oxygen atoms in total. The molecule has 0 aromatic heterocycles. The van der Waals surface area contributed by atoms with Crippen LogP contribution in [-0.4, -0.2) is 24.0 Å². The number of hydrogen-bond acceptors (Lipinski definition) is 2. The van der Waals surface area contributed by atoms with Crippen LogP contribution < -0.4 is 4.74 Å². The number of rotatable bonds is 6. The van der Waals surface area contributed by atoms with Crippen molar-refractivity contribution < 1.29 is 9.53 Å². The third kappa shape index (κ3) is 4.26. The van der Waals surface area contributed by atoms with Crippen molar-refractivity contribution in [2.75, 3.05) is 7.11 Å². The van der Waals surface area contributed by atoms with Crippen molar-refractivity contribution in [3.63, 3.8) is 0 Å². The van der Waals surface area contributed by atoms with Crippen molar-refractivity contribution >= 4 is 27.9 Å². The third-order valence-corrected chi connectivity index (χ3v) is 4.82. The van der Waals surface area contributed by atoms with E-state index in [1.807, 2.05) is 59.5 Å². The molecule has 0 saturated heterocycles. The van der Waals surface area contributed by atoms with Crippen LogP contribution in [0.1, 0.15) is 24.0 Å². The predicted molar refractivity (Wildman–Crippen MR) is 99.7 cm³/mol. The Kier molecular flexibility index (Phi) is 5.36. The van der Waals surface area contributed by atoms with E-state index in [1.165, 1.54) is 0 Å². The van der Waals surface area contributed by atoms with Gasteiger partial charge in [-0.15, -0.1) is 0 Å². The zero-order valence-corrected chi connectivity index (χ0v) is 15.2. The summed E-state index contributed by atoms with van der Waals surface area (Å²) in [6.07, 6.45) is 5.72. The number of methoxy groups -OCH3 is 1. The van der Waals surface area contributed by atoms with Crippen LogP contribution in [0.2, 0.25) is 0 Å². The van der Waals surface area contributed by atoms with E-state index in [2.05, 4.69) is 15.9 Å². The van der Waals surface area contributed by atoms with Crippen molar-refractivity contribution in [3.05, 3.63) is 70.2 Å². The highest BCUT2D eigenvalue weighted by Gasteiger charge is 2.31. The third-order valence-electron chi connectivity index (χ3n) is 4.09.